The predicted molar refractivity (Wildman–Crippen MR) is 128 cm³/mol. The number of hydrogen-bond acceptors (Lipinski definition) is 8. The summed E-state index contributed by atoms with van der Waals surface area (Å²) in [6, 6.07) is 4.57. The van der Waals surface area contributed by atoms with E-state index in [9.17, 15) is 13.2 Å². The average Bonchev–Trinajstić information content (AvgIpc) is 3.22. The van der Waals surface area contributed by atoms with Crippen LogP contribution in [-0.2, 0) is 32.5 Å². The van der Waals surface area contributed by atoms with Gasteiger partial charge in [0.25, 0.3) is 0 Å². The molecule has 1 aliphatic rings. The number of nitrogens with one attached hydrogen (secondary N) is 1. The van der Waals surface area contributed by atoms with Crippen molar-refractivity contribution in [3.05, 3.63) is 34.3 Å². The SMILES string of the molecule is CCc1nc(CN(C)CC(=O)Nc2cc(S(=O)(=O)N3CCOCC3)ccc2OC(C)C)cs1. The summed E-state index contributed by atoms with van der Waals surface area (Å²) in [4.78, 5) is 19.3. The molecular weight excluding hydrogens is 464 g/mol. The van der Waals surface area contributed by atoms with Crippen LogP contribution in [0.2, 0.25) is 0 Å². The van der Waals surface area contributed by atoms with Gasteiger partial charge in [0.1, 0.15) is 5.75 Å². The van der Waals surface area contributed by atoms with Gasteiger partial charge in [0.05, 0.1) is 47.1 Å². The smallest absolute Gasteiger partial charge is 0.243 e. The maximum atomic E-state index is 13.1. The van der Waals surface area contributed by atoms with Crippen molar-refractivity contribution in [1.82, 2.24) is 14.2 Å². The minimum absolute atomic E-state index is 0.110. The van der Waals surface area contributed by atoms with Crippen LogP contribution in [0.1, 0.15) is 31.5 Å². The third-order valence-corrected chi connectivity index (χ3v) is 7.88. The maximum Gasteiger partial charge on any atom is 0.243 e. The fourth-order valence-corrected chi connectivity index (χ4v) is 5.58. The van der Waals surface area contributed by atoms with Gasteiger partial charge >= 0.3 is 0 Å². The van der Waals surface area contributed by atoms with Gasteiger partial charge in [0.15, 0.2) is 0 Å². The second kappa shape index (κ2) is 11.4. The number of sulfonamides is 1. The maximum absolute atomic E-state index is 13.1. The van der Waals surface area contributed by atoms with Crippen molar-refractivity contribution < 1.29 is 22.7 Å². The summed E-state index contributed by atoms with van der Waals surface area (Å²) in [5.41, 5.74) is 1.26. The van der Waals surface area contributed by atoms with E-state index in [1.54, 1.807) is 17.4 Å². The first-order chi connectivity index (χ1) is 15.7. The van der Waals surface area contributed by atoms with Crippen LogP contribution >= 0.6 is 11.3 Å². The Balaban J connectivity index is 1.74. The third kappa shape index (κ3) is 6.97. The lowest BCUT2D eigenvalue weighted by Crippen LogP contribution is -2.40. The Morgan fingerprint density at radius 2 is 2.06 bits per heavy atom. The zero-order chi connectivity index (χ0) is 24.0. The topological polar surface area (TPSA) is 101 Å². The van der Waals surface area contributed by atoms with Crippen LogP contribution in [0.15, 0.2) is 28.5 Å². The fourth-order valence-electron chi connectivity index (χ4n) is 3.41. The van der Waals surface area contributed by atoms with Gasteiger partial charge in [-0.15, -0.1) is 11.3 Å². The van der Waals surface area contributed by atoms with Crippen molar-refractivity contribution in [1.29, 1.82) is 0 Å². The normalized spacial score (nSPS) is 15.2. The molecule has 182 valence electrons. The first-order valence-electron chi connectivity index (χ1n) is 11.0. The first kappa shape index (κ1) is 25.6. The highest BCUT2D eigenvalue weighted by Gasteiger charge is 2.27. The van der Waals surface area contributed by atoms with Gasteiger partial charge < -0.3 is 14.8 Å². The van der Waals surface area contributed by atoms with Gasteiger partial charge in [-0.05, 0) is 45.5 Å². The number of anilines is 1. The first-order valence-corrected chi connectivity index (χ1v) is 13.3. The molecule has 1 aliphatic heterocycles. The Morgan fingerprint density at radius 3 is 2.70 bits per heavy atom. The van der Waals surface area contributed by atoms with E-state index in [2.05, 4.69) is 17.2 Å². The Labute approximate surface area is 199 Å². The molecule has 9 nitrogen and oxygen atoms in total. The number of hydrogen-bond donors (Lipinski definition) is 1. The molecule has 2 heterocycles. The van der Waals surface area contributed by atoms with E-state index < -0.39 is 10.0 Å². The van der Waals surface area contributed by atoms with Crippen molar-refractivity contribution >= 4 is 33.0 Å². The highest BCUT2D eigenvalue weighted by molar-refractivity contribution is 7.89. The molecular formula is C22H32N4O5S2. The molecule has 0 spiro atoms. The molecule has 1 N–H and O–H groups in total. The molecule has 1 aromatic heterocycles. The quantitative estimate of drug-likeness (QED) is 0.539. The summed E-state index contributed by atoms with van der Waals surface area (Å²) in [7, 11) is -1.86. The number of likely N-dealkylation sites (N-methyl/N-ethyl adjacent to an activating group) is 1. The number of amides is 1. The molecule has 3 rings (SSSR count). The van der Waals surface area contributed by atoms with Gasteiger partial charge in [-0.25, -0.2) is 13.4 Å². The van der Waals surface area contributed by atoms with Crippen molar-refractivity contribution in [3.8, 4) is 5.75 Å². The summed E-state index contributed by atoms with van der Waals surface area (Å²) < 4.78 is 38.6. The minimum Gasteiger partial charge on any atom is -0.489 e. The van der Waals surface area contributed by atoms with Crippen LogP contribution in [0.25, 0.3) is 0 Å². The highest BCUT2D eigenvalue weighted by Crippen LogP contribution is 2.30. The van der Waals surface area contributed by atoms with Crippen molar-refractivity contribution in [2.75, 3.05) is 45.2 Å². The predicted octanol–water partition coefficient (Wildman–Crippen LogP) is 2.58. The second-order valence-electron chi connectivity index (χ2n) is 8.15. The number of aromatic nitrogens is 1. The number of aryl methyl sites for hydroxylation is 1. The van der Waals surface area contributed by atoms with Crippen LogP contribution in [0, 0.1) is 0 Å². The Kier molecular flexibility index (Phi) is 8.82. The monoisotopic (exact) mass is 496 g/mol. The van der Waals surface area contributed by atoms with Gasteiger partial charge in [0.2, 0.25) is 15.9 Å². The molecule has 0 aliphatic carbocycles. The number of benzene rings is 1. The van der Waals surface area contributed by atoms with E-state index in [1.807, 2.05) is 31.2 Å². The summed E-state index contributed by atoms with van der Waals surface area (Å²) in [5, 5.41) is 5.90. The van der Waals surface area contributed by atoms with E-state index in [0.717, 1.165) is 17.1 Å². The van der Waals surface area contributed by atoms with Crippen LogP contribution < -0.4 is 10.1 Å². The van der Waals surface area contributed by atoms with E-state index >= 15 is 0 Å². The molecule has 1 amide bonds. The van der Waals surface area contributed by atoms with Crippen LogP contribution in [0.4, 0.5) is 5.69 Å². The Hall–Kier alpha value is -2.05. The molecule has 0 bridgehead atoms. The molecule has 33 heavy (non-hydrogen) atoms. The molecule has 1 fully saturated rings. The van der Waals surface area contributed by atoms with Crippen molar-refractivity contribution in [2.24, 2.45) is 0 Å². The summed E-state index contributed by atoms with van der Waals surface area (Å²) in [6.07, 6.45) is 0.749. The lowest BCUT2D eigenvalue weighted by molar-refractivity contribution is -0.117. The molecule has 11 heteroatoms. The van der Waals surface area contributed by atoms with Gasteiger partial charge in [-0.3, -0.25) is 9.69 Å². The molecule has 0 unspecified atom stereocenters. The molecule has 0 atom stereocenters. The lowest BCUT2D eigenvalue weighted by Gasteiger charge is -2.26. The number of ether oxygens (including phenoxy) is 2. The molecule has 0 saturated carbocycles. The number of rotatable bonds is 10. The number of thiazole rings is 1. The van der Waals surface area contributed by atoms with E-state index in [1.165, 1.54) is 16.4 Å². The molecule has 1 saturated heterocycles. The van der Waals surface area contributed by atoms with Crippen molar-refractivity contribution in [3.63, 3.8) is 0 Å². The van der Waals surface area contributed by atoms with E-state index in [-0.39, 0.29) is 23.5 Å². The van der Waals surface area contributed by atoms with Gasteiger partial charge in [0, 0.05) is 25.0 Å². The van der Waals surface area contributed by atoms with E-state index in [4.69, 9.17) is 9.47 Å². The molecule has 0 radical (unpaired) electrons. The zero-order valence-corrected chi connectivity index (χ0v) is 21.2. The zero-order valence-electron chi connectivity index (χ0n) is 19.5. The van der Waals surface area contributed by atoms with Crippen LogP contribution in [-0.4, -0.2) is 74.5 Å². The number of carbonyl (C=O) groups excluding carboxylic acids is 1. The summed E-state index contributed by atoms with van der Waals surface area (Å²) in [5.74, 6) is 0.159. The third-order valence-electron chi connectivity index (χ3n) is 4.94. The van der Waals surface area contributed by atoms with Gasteiger partial charge in [-0.1, -0.05) is 6.92 Å². The number of nitrogens with zero attached hydrogens (tertiary/aromatic N) is 3. The van der Waals surface area contributed by atoms with Crippen LogP contribution in [0.3, 0.4) is 0 Å². The largest absolute Gasteiger partial charge is 0.489 e. The average molecular weight is 497 g/mol. The van der Waals surface area contributed by atoms with Crippen molar-refractivity contribution in [2.45, 2.75) is 44.7 Å². The summed E-state index contributed by atoms with van der Waals surface area (Å²) in [6.45, 7) is 7.80. The van der Waals surface area contributed by atoms with Gasteiger partial charge in [-0.2, -0.15) is 4.31 Å². The number of morpholine rings is 1. The lowest BCUT2D eigenvalue weighted by atomic mass is 10.2. The Bertz CT molecular complexity index is 1050. The summed E-state index contributed by atoms with van der Waals surface area (Å²) >= 11 is 1.61. The highest BCUT2D eigenvalue weighted by atomic mass is 32.2. The standard InChI is InChI=1S/C22H32N4O5S2/c1-5-22-23-17(15-32-22)13-25(4)14-21(27)24-19-12-18(6-7-20(19)31-16(2)3)33(28,29)26-8-10-30-11-9-26/h6-7,12,15-16H,5,8-11,13-14H2,1-4H3,(H,24,27). The van der Waals surface area contributed by atoms with E-state index in [0.29, 0.717) is 44.3 Å². The molecule has 1 aromatic carbocycles. The minimum atomic E-state index is -3.70. The molecule has 2 aromatic rings. The number of carbonyl (C=O) groups is 1. The Morgan fingerprint density at radius 1 is 1.33 bits per heavy atom. The fraction of sp³-hybridized carbons (Fsp3) is 0.545. The van der Waals surface area contributed by atoms with Crippen LogP contribution in [0.5, 0.6) is 5.75 Å². The second-order valence-corrected chi connectivity index (χ2v) is 11.0.